The number of likely N-dealkylation sites (N-methyl/N-ethyl adjacent to an activating group) is 1. The second-order valence-corrected chi connectivity index (χ2v) is 7.69. The SMILES string of the molecule is CN1CCN(Cc2ccncc2)C[C@H](Cc2cccc(-c3cccnc3)c2)C1=O. The van der Waals surface area contributed by atoms with Gasteiger partial charge < -0.3 is 4.90 Å². The molecule has 1 atom stereocenters. The van der Waals surface area contributed by atoms with Crippen molar-refractivity contribution >= 4 is 5.91 Å². The topological polar surface area (TPSA) is 49.3 Å². The lowest BCUT2D eigenvalue weighted by Gasteiger charge is -2.23. The van der Waals surface area contributed by atoms with Crippen molar-refractivity contribution in [3.63, 3.8) is 0 Å². The second-order valence-electron chi connectivity index (χ2n) is 7.69. The molecule has 1 saturated heterocycles. The first kappa shape index (κ1) is 19.3. The first-order chi connectivity index (χ1) is 14.2. The molecule has 2 aromatic heterocycles. The maximum atomic E-state index is 13.0. The molecule has 3 heterocycles. The number of pyridine rings is 2. The Morgan fingerprint density at radius 1 is 0.931 bits per heavy atom. The molecule has 3 aromatic rings. The Hall–Kier alpha value is -3.05. The quantitative estimate of drug-likeness (QED) is 0.675. The number of carbonyl (C=O) groups is 1. The summed E-state index contributed by atoms with van der Waals surface area (Å²) in [4.78, 5) is 25.6. The molecule has 0 bridgehead atoms. The van der Waals surface area contributed by atoms with E-state index in [2.05, 4.69) is 45.2 Å². The van der Waals surface area contributed by atoms with Crippen molar-refractivity contribution in [1.82, 2.24) is 19.8 Å². The van der Waals surface area contributed by atoms with Gasteiger partial charge in [0, 0.05) is 58.0 Å². The number of rotatable bonds is 5. The van der Waals surface area contributed by atoms with Crippen LogP contribution in [0.25, 0.3) is 11.1 Å². The highest BCUT2D eigenvalue weighted by Gasteiger charge is 2.28. The number of hydrogen-bond donors (Lipinski definition) is 0. The summed E-state index contributed by atoms with van der Waals surface area (Å²) in [6, 6.07) is 16.6. The summed E-state index contributed by atoms with van der Waals surface area (Å²) in [6.45, 7) is 3.26. The minimum Gasteiger partial charge on any atom is -0.344 e. The van der Waals surface area contributed by atoms with E-state index in [1.54, 1.807) is 6.20 Å². The molecule has 148 valence electrons. The van der Waals surface area contributed by atoms with E-state index in [0.29, 0.717) is 0 Å². The number of amides is 1. The standard InChI is InChI=1S/C24H26N4O/c1-27-12-13-28(17-19-7-10-25-11-8-19)18-23(24(27)29)15-20-4-2-5-21(14-20)22-6-3-9-26-16-22/h2-11,14,16,23H,12-13,15,17-18H2,1H3/t23-/m0/s1. The number of carbonyl (C=O) groups excluding carboxylic acids is 1. The van der Waals surface area contributed by atoms with Gasteiger partial charge in [-0.1, -0.05) is 30.3 Å². The number of aromatic nitrogens is 2. The van der Waals surface area contributed by atoms with Gasteiger partial charge in [-0.05, 0) is 46.9 Å². The van der Waals surface area contributed by atoms with Gasteiger partial charge in [-0.3, -0.25) is 19.7 Å². The van der Waals surface area contributed by atoms with Crippen LogP contribution in [0.15, 0.2) is 73.3 Å². The molecule has 0 aliphatic carbocycles. The lowest BCUT2D eigenvalue weighted by atomic mass is 9.95. The van der Waals surface area contributed by atoms with Crippen molar-refractivity contribution in [2.45, 2.75) is 13.0 Å². The van der Waals surface area contributed by atoms with Gasteiger partial charge in [0.05, 0.1) is 5.92 Å². The van der Waals surface area contributed by atoms with Gasteiger partial charge in [-0.2, -0.15) is 0 Å². The lowest BCUT2D eigenvalue weighted by molar-refractivity contribution is -0.133. The van der Waals surface area contributed by atoms with Gasteiger partial charge in [-0.15, -0.1) is 0 Å². The highest BCUT2D eigenvalue weighted by atomic mass is 16.2. The van der Waals surface area contributed by atoms with Crippen LogP contribution in [0.4, 0.5) is 0 Å². The van der Waals surface area contributed by atoms with E-state index in [4.69, 9.17) is 0 Å². The van der Waals surface area contributed by atoms with Crippen LogP contribution in [0, 0.1) is 5.92 Å². The zero-order chi connectivity index (χ0) is 20.1. The predicted molar refractivity (Wildman–Crippen MR) is 114 cm³/mol. The van der Waals surface area contributed by atoms with E-state index in [0.717, 1.165) is 43.7 Å². The van der Waals surface area contributed by atoms with Crippen molar-refractivity contribution in [2.75, 3.05) is 26.7 Å². The number of hydrogen-bond acceptors (Lipinski definition) is 4. The molecule has 5 nitrogen and oxygen atoms in total. The zero-order valence-corrected chi connectivity index (χ0v) is 16.7. The highest BCUT2D eigenvalue weighted by Crippen LogP contribution is 2.23. The van der Waals surface area contributed by atoms with Crippen molar-refractivity contribution in [3.05, 3.63) is 84.4 Å². The summed E-state index contributed by atoms with van der Waals surface area (Å²) in [6.07, 6.45) is 8.05. The first-order valence-electron chi connectivity index (χ1n) is 10.0. The van der Waals surface area contributed by atoms with Crippen molar-refractivity contribution in [1.29, 1.82) is 0 Å². The number of nitrogens with zero attached hydrogens (tertiary/aromatic N) is 4. The largest absolute Gasteiger partial charge is 0.344 e. The van der Waals surface area contributed by atoms with Crippen LogP contribution >= 0.6 is 0 Å². The van der Waals surface area contributed by atoms with Gasteiger partial charge in [0.2, 0.25) is 5.91 Å². The molecule has 1 aromatic carbocycles. The summed E-state index contributed by atoms with van der Waals surface area (Å²) < 4.78 is 0. The first-order valence-corrected chi connectivity index (χ1v) is 10.0. The fourth-order valence-corrected chi connectivity index (χ4v) is 3.93. The Kier molecular flexibility index (Phi) is 5.96. The fraction of sp³-hybridized carbons (Fsp3) is 0.292. The van der Waals surface area contributed by atoms with Crippen LogP contribution in [0.2, 0.25) is 0 Å². The lowest BCUT2D eigenvalue weighted by Crippen LogP contribution is -2.34. The molecule has 0 radical (unpaired) electrons. The van der Waals surface area contributed by atoms with Gasteiger partial charge >= 0.3 is 0 Å². The molecule has 29 heavy (non-hydrogen) atoms. The van der Waals surface area contributed by atoms with E-state index >= 15 is 0 Å². The Balaban J connectivity index is 1.52. The molecule has 5 heteroatoms. The summed E-state index contributed by atoms with van der Waals surface area (Å²) >= 11 is 0. The molecule has 0 unspecified atom stereocenters. The molecule has 4 rings (SSSR count). The van der Waals surface area contributed by atoms with Crippen molar-refractivity contribution in [2.24, 2.45) is 5.92 Å². The Labute approximate surface area is 172 Å². The normalized spacial score (nSPS) is 17.9. The van der Waals surface area contributed by atoms with Crippen LogP contribution in [0.1, 0.15) is 11.1 Å². The van der Waals surface area contributed by atoms with Crippen LogP contribution in [0.3, 0.4) is 0 Å². The highest BCUT2D eigenvalue weighted by molar-refractivity contribution is 5.79. The summed E-state index contributed by atoms with van der Waals surface area (Å²) in [7, 11) is 1.91. The maximum Gasteiger partial charge on any atom is 0.227 e. The van der Waals surface area contributed by atoms with E-state index in [9.17, 15) is 4.79 Å². The van der Waals surface area contributed by atoms with E-state index in [-0.39, 0.29) is 11.8 Å². The third kappa shape index (κ3) is 4.87. The van der Waals surface area contributed by atoms with Crippen LogP contribution in [-0.2, 0) is 17.8 Å². The Bertz CT molecular complexity index is 945. The van der Waals surface area contributed by atoms with Gasteiger partial charge in [0.25, 0.3) is 0 Å². The minimum absolute atomic E-state index is 0.0477. The number of benzene rings is 1. The predicted octanol–water partition coefficient (Wildman–Crippen LogP) is 3.28. The molecule has 1 fully saturated rings. The molecule has 1 aliphatic heterocycles. The fourth-order valence-electron chi connectivity index (χ4n) is 3.93. The van der Waals surface area contributed by atoms with Gasteiger partial charge in [-0.25, -0.2) is 0 Å². The Morgan fingerprint density at radius 3 is 2.55 bits per heavy atom. The third-order valence-electron chi connectivity index (χ3n) is 5.52. The van der Waals surface area contributed by atoms with Crippen molar-refractivity contribution in [3.8, 4) is 11.1 Å². The average molecular weight is 386 g/mol. The minimum atomic E-state index is -0.0477. The second kappa shape index (κ2) is 8.97. The van der Waals surface area contributed by atoms with E-state index < -0.39 is 0 Å². The smallest absolute Gasteiger partial charge is 0.227 e. The molecule has 0 spiro atoms. The summed E-state index contributed by atoms with van der Waals surface area (Å²) in [5.41, 5.74) is 4.65. The zero-order valence-electron chi connectivity index (χ0n) is 16.7. The molecule has 0 saturated carbocycles. The molecule has 1 aliphatic rings. The van der Waals surface area contributed by atoms with Crippen LogP contribution in [0.5, 0.6) is 0 Å². The molecular weight excluding hydrogens is 360 g/mol. The van der Waals surface area contributed by atoms with Crippen LogP contribution in [-0.4, -0.2) is 52.4 Å². The molecule has 1 amide bonds. The van der Waals surface area contributed by atoms with E-state index in [1.807, 2.05) is 48.7 Å². The van der Waals surface area contributed by atoms with Gasteiger partial charge in [0.15, 0.2) is 0 Å². The summed E-state index contributed by atoms with van der Waals surface area (Å²) in [5, 5.41) is 0. The Morgan fingerprint density at radius 2 is 1.76 bits per heavy atom. The monoisotopic (exact) mass is 386 g/mol. The maximum absolute atomic E-state index is 13.0. The van der Waals surface area contributed by atoms with Crippen molar-refractivity contribution < 1.29 is 4.79 Å². The molecular formula is C24H26N4O. The summed E-state index contributed by atoms with van der Waals surface area (Å²) in [5.74, 6) is 0.183. The van der Waals surface area contributed by atoms with Crippen LogP contribution < -0.4 is 0 Å². The van der Waals surface area contributed by atoms with E-state index in [1.165, 1.54) is 11.1 Å². The third-order valence-corrected chi connectivity index (χ3v) is 5.52. The van der Waals surface area contributed by atoms with Gasteiger partial charge in [0.1, 0.15) is 0 Å². The average Bonchev–Trinajstić information content (AvgIpc) is 2.89. The molecule has 0 N–H and O–H groups in total.